The minimum Gasteiger partial charge on any atom is -0.494 e. The number of anilines is 1. The van der Waals surface area contributed by atoms with E-state index in [0.717, 1.165) is 28.3 Å². The van der Waals surface area contributed by atoms with E-state index < -0.39 is 0 Å². The van der Waals surface area contributed by atoms with E-state index in [0.29, 0.717) is 12.4 Å². The van der Waals surface area contributed by atoms with Gasteiger partial charge in [0.1, 0.15) is 11.5 Å². The van der Waals surface area contributed by atoms with Crippen molar-refractivity contribution in [2.75, 3.05) is 11.9 Å². The van der Waals surface area contributed by atoms with Gasteiger partial charge in [-0.1, -0.05) is 5.16 Å². The number of carbonyl (C=O) groups is 1. The highest BCUT2D eigenvalue weighted by atomic mass is 16.5. The molecule has 6 nitrogen and oxygen atoms in total. The molecule has 0 saturated carbocycles. The van der Waals surface area contributed by atoms with Crippen LogP contribution in [-0.2, 0) is 0 Å². The van der Waals surface area contributed by atoms with Crippen molar-refractivity contribution in [3.05, 3.63) is 40.8 Å². The van der Waals surface area contributed by atoms with Crippen LogP contribution >= 0.6 is 0 Å². The number of amides is 2. The Morgan fingerprint density at radius 1 is 1.35 bits per heavy atom. The van der Waals surface area contributed by atoms with E-state index in [2.05, 4.69) is 15.8 Å². The van der Waals surface area contributed by atoms with Gasteiger partial charge in [0, 0.05) is 11.3 Å². The largest absolute Gasteiger partial charge is 0.494 e. The molecule has 6 heteroatoms. The van der Waals surface area contributed by atoms with Crippen molar-refractivity contribution in [2.45, 2.75) is 40.7 Å². The van der Waals surface area contributed by atoms with Crippen molar-refractivity contribution in [2.24, 2.45) is 0 Å². The quantitative estimate of drug-likeness (QED) is 0.877. The lowest BCUT2D eigenvalue weighted by Gasteiger charge is -2.15. The molecule has 23 heavy (non-hydrogen) atoms. The van der Waals surface area contributed by atoms with E-state index in [4.69, 9.17) is 9.26 Å². The van der Waals surface area contributed by atoms with Crippen LogP contribution in [0.4, 0.5) is 10.5 Å². The Bertz CT molecular complexity index is 675. The molecule has 2 aromatic rings. The van der Waals surface area contributed by atoms with Crippen molar-refractivity contribution >= 4 is 11.7 Å². The molecule has 0 bridgehead atoms. The van der Waals surface area contributed by atoms with Gasteiger partial charge in [-0.15, -0.1) is 0 Å². The maximum absolute atomic E-state index is 12.2. The summed E-state index contributed by atoms with van der Waals surface area (Å²) < 4.78 is 10.6. The van der Waals surface area contributed by atoms with Crippen LogP contribution in [0.25, 0.3) is 0 Å². The molecule has 0 aliphatic rings. The van der Waals surface area contributed by atoms with E-state index in [1.165, 1.54) is 0 Å². The van der Waals surface area contributed by atoms with Gasteiger partial charge in [-0.25, -0.2) is 4.79 Å². The third-order valence-electron chi connectivity index (χ3n) is 3.60. The number of hydrogen-bond acceptors (Lipinski definition) is 4. The maximum atomic E-state index is 12.2. The number of urea groups is 1. The number of rotatable bonds is 5. The first-order valence-electron chi connectivity index (χ1n) is 7.66. The smallest absolute Gasteiger partial charge is 0.319 e. The first-order chi connectivity index (χ1) is 10.9. The minimum atomic E-state index is -0.277. The van der Waals surface area contributed by atoms with E-state index >= 15 is 0 Å². The number of nitrogens with one attached hydrogen (secondary N) is 2. The summed E-state index contributed by atoms with van der Waals surface area (Å²) in [4.78, 5) is 12.2. The van der Waals surface area contributed by atoms with Crippen LogP contribution in [0.1, 0.15) is 42.5 Å². The summed E-state index contributed by atoms with van der Waals surface area (Å²) in [6.07, 6.45) is 0. The molecular weight excluding hydrogens is 294 g/mol. The molecule has 1 heterocycles. The van der Waals surface area contributed by atoms with Gasteiger partial charge in [0.15, 0.2) is 0 Å². The molecule has 1 atom stereocenters. The van der Waals surface area contributed by atoms with E-state index in [9.17, 15) is 4.79 Å². The highest BCUT2D eigenvalue weighted by molar-refractivity contribution is 5.89. The summed E-state index contributed by atoms with van der Waals surface area (Å²) in [6, 6.07) is 5.08. The average Bonchev–Trinajstić information content (AvgIpc) is 2.81. The van der Waals surface area contributed by atoms with Gasteiger partial charge >= 0.3 is 6.03 Å². The van der Waals surface area contributed by atoms with E-state index in [1.54, 1.807) is 0 Å². The summed E-state index contributed by atoms with van der Waals surface area (Å²) in [6.45, 7) is 10.1. The lowest BCUT2D eigenvalue weighted by atomic mass is 10.1. The molecule has 1 aromatic carbocycles. The first kappa shape index (κ1) is 16.9. The Hall–Kier alpha value is -2.50. The minimum absolute atomic E-state index is 0.190. The second kappa shape index (κ2) is 7.17. The Balaban J connectivity index is 2.01. The predicted molar refractivity (Wildman–Crippen MR) is 88.9 cm³/mol. The molecule has 2 N–H and O–H groups in total. The van der Waals surface area contributed by atoms with Gasteiger partial charge in [0.25, 0.3) is 0 Å². The highest BCUT2D eigenvalue weighted by Gasteiger charge is 2.18. The van der Waals surface area contributed by atoms with Crippen LogP contribution in [0.3, 0.4) is 0 Å². The fourth-order valence-electron chi connectivity index (χ4n) is 2.59. The summed E-state index contributed by atoms with van der Waals surface area (Å²) in [5.74, 6) is 1.54. The third kappa shape index (κ3) is 4.03. The van der Waals surface area contributed by atoms with Crippen LogP contribution in [0.2, 0.25) is 0 Å². The number of benzene rings is 1. The van der Waals surface area contributed by atoms with Gasteiger partial charge in [-0.2, -0.15) is 0 Å². The number of ether oxygens (including phenoxy) is 1. The zero-order valence-electron chi connectivity index (χ0n) is 14.2. The first-order valence-corrected chi connectivity index (χ1v) is 7.66. The van der Waals surface area contributed by atoms with Gasteiger partial charge < -0.3 is 19.9 Å². The van der Waals surface area contributed by atoms with Gasteiger partial charge in [-0.05, 0) is 58.4 Å². The maximum Gasteiger partial charge on any atom is 0.319 e. The summed E-state index contributed by atoms with van der Waals surface area (Å²) in [7, 11) is 0. The SMILES string of the molecule is CCOc1ccc(NC(=O)N[C@H](C)c2c(C)noc2C)cc1C. The predicted octanol–water partition coefficient (Wildman–Crippen LogP) is 3.88. The van der Waals surface area contributed by atoms with Crippen molar-refractivity contribution in [3.8, 4) is 5.75 Å². The second-order valence-corrected chi connectivity index (χ2v) is 5.47. The molecule has 0 spiro atoms. The molecule has 124 valence electrons. The molecule has 0 radical (unpaired) electrons. The molecule has 1 aromatic heterocycles. The molecule has 0 aliphatic carbocycles. The highest BCUT2D eigenvalue weighted by Crippen LogP contribution is 2.23. The lowest BCUT2D eigenvalue weighted by Crippen LogP contribution is -2.31. The fraction of sp³-hybridized carbons (Fsp3) is 0.412. The standard InChI is InChI=1S/C17H23N3O3/c1-6-22-15-8-7-14(9-10(15)2)19-17(21)18-11(3)16-12(4)20-23-13(16)5/h7-9,11H,6H2,1-5H3,(H2,18,19,21)/t11-/m1/s1. The summed E-state index contributed by atoms with van der Waals surface area (Å²) >= 11 is 0. The fourth-order valence-corrected chi connectivity index (χ4v) is 2.59. The van der Waals surface area contributed by atoms with Crippen LogP contribution in [0, 0.1) is 20.8 Å². The van der Waals surface area contributed by atoms with Gasteiger partial charge in [0.05, 0.1) is 18.3 Å². The van der Waals surface area contributed by atoms with E-state index in [-0.39, 0.29) is 12.1 Å². The number of carbonyl (C=O) groups excluding carboxylic acids is 1. The van der Waals surface area contributed by atoms with Crippen LogP contribution in [0.15, 0.2) is 22.7 Å². The number of aromatic nitrogens is 1. The second-order valence-electron chi connectivity index (χ2n) is 5.47. The molecular formula is C17H23N3O3. The molecule has 2 rings (SSSR count). The molecule has 0 aliphatic heterocycles. The summed E-state index contributed by atoms with van der Waals surface area (Å²) in [5.41, 5.74) is 3.38. The Kier molecular flexibility index (Phi) is 5.26. The average molecular weight is 317 g/mol. The zero-order chi connectivity index (χ0) is 17.0. The van der Waals surface area contributed by atoms with Crippen molar-refractivity contribution < 1.29 is 14.1 Å². The van der Waals surface area contributed by atoms with Gasteiger partial charge in [0.2, 0.25) is 0 Å². The zero-order valence-corrected chi connectivity index (χ0v) is 14.2. The number of aryl methyl sites for hydroxylation is 3. The van der Waals surface area contributed by atoms with Crippen molar-refractivity contribution in [3.63, 3.8) is 0 Å². The van der Waals surface area contributed by atoms with Crippen molar-refractivity contribution in [1.82, 2.24) is 10.5 Å². The lowest BCUT2D eigenvalue weighted by molar-refractivity contribution is 0.249. The number of hydrogen-bond donors (Lipinski definition) is 2. The third-order valence-corrected chi connectivity index (χ3v) is 3.60. The van der Waals surface area contributed by atoms with Crippen LogP contribution < -0.4 is 15.4 Å². The Labute approximate surface area is 136 Å². The van der Waals surface area contributed by atoms with Crippen molar-refractivity contribution in [1.29, 1.82) is 0 Å². The van der Waals surface area contributed by atoms with Crippen LogP contribution in [-0.4, -0.2) is 17.8 Å². The normalized spacial score (nSPS) is 11.9. The molecule has 2 amide bonds. The molecule has 0 fully saturated rings. The summed E-state index contributed by atoms with van der Waals surface area (Å²) in [5, 5.41) is 9.62. The monoisotopic (exact) mass is 317 g/mol. The molecule has 0 unspecified atom stereocenters. The Morgan fingerprint density at radius 2 is 2.09 bits per heavy atom. The Morgan fingerprint density at radius 3 is 2.65 bits per heavy atom. The van der Waals surface area contributed by atoms with Crippen LogP contribution in [0.5, 0.6) is 5.75 Å². The topological polar surface area (TPSA) is 76.4 Å². The molecule has 0 saturated heterocycles. The van der Waals surface area contributed by atoms with Gasteiger partial charge in [-0.3, -0.25) is 0 Å². The number of nitrogens with zero attached hydrogens (tertiary/aromatic N) is 1. The van der Waals surface area contributed by atoms with E-state index in [1.807, 2.05) is 52.8 Å².